The SMILES string of the molecule is Cc1cccc(Cc2cnc(NC(=O)CN(C)CC(C)C(=O)O)s2)c1. The molecule has 1 unspecified atom stereocenters. The summed E-state index contributed by atoms with van der Waals surface area (Å²) in [6.07, 6.45) is 2.56. The van der Waals surface area contributed by atoms with Crippen LogP contribution >= 0.6 is 11.3 Å². The fourth-order valence-corrected chi connectivity index (χ4v) is 3.35. The van der Waals surface area contributed by atoms with Crippen molar-refractivity contribution in [2.24, 2.45) is 5.92 Å². The second-order valence-corrected chi connectivity index (χ2v) is 7.40. The molecule has 7 heteroatoms. The summed E-state index contributed by atoms with van der Waals surface area (Å²) in [6, 6.07) is 8.30. The lowest BCUT2D eigenvalue weighted by Crippen LogP contribution is -2.35. The van der Waals surface area contributed by atoms with Gasteiger partial charge in [0, 0.05) is 24.0 Å². The minimum Gasteiger partial charge on any atom is -0.481 e. The number of nitrogens with one attached hydrogen (secondary N) is 1. The number of thiazole rings is 1. The Labute approximate surface area is 151 Å². The smallest absolute Gasteiger partial charge is 0.307 e. The zero-order valence-electron chi connectivity index (χ0n) is 14.7. The van der Waals surface area contributed by atoms with Gasteiger partial charge in [0.05, 0.1) is 12.5 Å². The molecule has 0 saturated carbocycles. The molecular formula is C18H23N3O3S. The van der Waals surface area contributed by atoms with Crippen LogP contribution in [0, 0.1) is 12.8 Å². The van der Waals surface area contributed by atoms with Gasteiger partial charge >= 0.3 is 5.97 Å². The van der Waals surface area contributed by atoms with Crippen LogP contribution in [0.1, 0.15) is 22.9 Å². The summed E-state index contributed by atoms with van der Waals surface area (Å²) in [7, 11) is 1.73. The van der Waals surface area contributed by atoms with Crippen molar-refractivity contribution in [3.05, 3.63) is 46.5 Å². The predicted molar refractivity (Wildman–Crippen MR) is 99.0 cm³/mol. The molecule has 0 aliphatic carbocycles. The van der Waals surface area contributed by atoms with E-state index in [-0.39, 0.29) is 12.5 Å². The zero-order chi connectivity index (χ0) is 18.4. The topological polar surface area (TPSA) is 82.5 Å². The molecule has 1 atom stereocenters. The van der Waals surface area contributed by atoms with Crippen LogP contribution in [0.15, 0.2) is 30.5 Å². The highest BCUT2D eigenvalue weighted by molar-refractivity contribution is 7.15. The molecule has 0 bridgehead atoms. The van der Waals surface area contributed by atoms with Gasteiger partial charge in [0.2, 0.25) is 5.91 Å². The maximum absolute atomic E-state index is 12.1. The molecular weight excluding hydrogens is 338 g/mol. The molecule has 25 heavy (non-hydrogen) atoms. The van der Waals surface area contributed by atoms with Gasteiger partial charge in [-0.1, -0.05) is 36.8 Å². The highest BCUT2D eigenvalue weighted by Crippen LogP contribution is 2.21. The van der Waals surface area contributed by atoms with Crippen LogP contribution < -0.4 is 5.32 Å². The van der Waals surface area contributed by atoms with Crippen molar-refractivity contribution in [2.45, 2.75) is 20.3 Å². The molecule has 2 aromatic rings. The van der Waals surface area contributed by atoms with E-state index in [1.54, 1.807) is 25.1 Å². The third-order valence-electron chi connectivity index (χ3n) is 3.68. The lowest BCUT2D eigenvalue weighted by atomic mass is 10.1. The average molecular weight is 361 g/mol. The molecule has 2 N–H and O–H groups in total. The van der Waals surface area contributed by atoms with Crippen LogP contribution in [-0.4, -0.2) is 47.0 Å². The lowest BCUT2D eigenvalue weighted by Gasteiger charge is -2.17. The molecule has 134 valence electrons. The summed E-state index contributed by atoms with van der Waals surface area (Å²) in [6.45, 7) is 4.13. The number of carboxylic acids is 1. The van der Waals surface area contributed by atoms with E-state index < -0.39 is 11.9 Å². The van der Waals surface area contributed by atoms with E-state index in [1.807, 2.05) is 6.07 Å². The Morgan fingerprint density at radius 2 is 2.16 bits per heavy atom. The molecule has 0 aliphatic heterocycles. The van der Waals surface area contributed by atoms with E-state index >= 15 is 0 Å². The number of nitrogens with zero attached hydrogens (tertiary/aromatic N) is 2. The Balaban J connectivity index is 1.85. The number of carbonyl (C=O) groups excluding carboxylic acids is 1. The number of hydrogen-bond donors (Lipinski definition) is 2. The molecule has 0 fully saturated rings. The van der Waals surface area contributed by atoms with Crippen molar-refractivity contribution >= 4 is 28.3 Å². The third kappa shape index (κ3) is 6.28. The second kappa shape index (κ2) is 8.73. The summed E-state index contributed by atoms with van der Waals surface area (Å²) >= 11 is 1.45. The number of amides is 1. The molecule has 0 radical (unpaired) electrons. The van der Waals surface area contributed by atoms with Crippen molar-refractivity contribution in [1.29, 1.82) is 0 Å². The predicted octanol–water partition coefficient (Wildman–Crippen LogP) is 2.63. The second-order valence-electron chi connectivity index (χ2n) is 6.28. The highest BCUT2D eigenvalue weighted by atomic mass is 32.1. The van der Waals surface area contributed by atoms with Crippen molar-refractivity contribution in [1.82, 2.24) is 9.88 Å². The Kier molecular flexibility index (Phi) is 6.66. The van der Waals surface area contributed by atoms with E-state index in [4.69, 9.17) is 5.11 Å². The molecule has 1 aromatic carbocycles. The normalized spacial score (nSPS) is 12.2. The van der Waals surface area contributed by atoms with Gasteiger partial charge in [-0.25, -0.2) is 4.98 Å². The van der Waals surface area contributed by atoms with E-state index in [1.165, 1.54) is 22.5 Å². The molecule has 0 spiro atoms. The van der Waals surface area contributed by atoms with Crippen LogP contribution in [0.4, 0.5) is 5.13 Å². The number of benzene rings is 1. The largest absolute Gasteiger partial charge is 0.481 e. The highest BCUT2D eigenvalue weighted by Gasteiger charge is 2.16. The summed E-state index contributed by atoms with van der Waals surface area (Å²) in [5.74, 6) is -1.58. The van der Waals surface area contributed by atoms with Crippen molar-refractivity contribution in [3.8, 4) is 0 Å². The lowest BCUT2D eigenvalue weighted by molar-refractivity contribution is -0.141. The van der Waals surface area contributed by atoms with Gasteiger partial charge in [-0.05, 0) is 19.5 Å². The van der Waals surface area contributed by atoms with E-state index in [0.29, 0.717) is 11.7 Å². The molecule has 0 saturated heterocycles. The minimum absolute atomic E-state index is 0.129. The Morgan fingerprint density at radius 3 is 2.84 bits per heavy atom. The van der Waals surface area contributed by atoms with Gasteiger partial charge in [0.25, 0.3) is 0 Å². The fourth-order valence-electron chi connectivity index (χ4n) is 2.48. The Hall–Kier alpha value is -2.25. The number of anilines is 1. The van der Waals surface area contributed by atoms with Gasteiger partial charge in [-0.2, -0.15) is 0 Å². The molecule has 6 nitrogen and oxygen atoms in total. The Morgan fingerprint density at radius 1 is 1.40 bits per heavy atom. The van der Waals surface area contributed by atoms with Crippen LogP contribution in [0.25, 0.3) is 0 Å². The van der Waals surface area contributed by atoms with Crippen LogP contribution in [-0.2, 0) is 16.0 Å². The van der Waals surface area contributed by atoms with E-state index in [0.717, 1.165) is 11.3 Å². The number of rotatable bonds is 8. The van der Waals surface area contributed by atoms with Gasteiger partial charge in [-0.3, -0.25) is 14.5 Å². The number of aromatic nitrogens is 1. The van der Waals surface area contributed by atoms with Gasteiger partial charge < -0.3 is 10.4 Å². The average Bonchev–Trinajstić information content (AvgIpc) is 2.93. The molecule has 1 heterocycles. The third-order valence-corrected chi connectivity index (χ3v) is 4.59. The standard InChI is InChI=1S/C18H23N3O3S/c1-12-5-4-6-14(7-12)8-15-9-19-18(25-15)20-16(22)11-21(3)10-13(2)17(23)24/h4-7,9,13H,8,10-11H2,1-3H3,(H,23,24)(H,19,20,22). The summed E-state index contributed by atoms with van der Waals surface area (Å²) < 4.78 is 0. The number of likely N-dealkylation sites (N-methyl/N-ethyl adjacent to an activating group) is 1. The number of hydrogen-bond acceptors (Lipinski definition) is 5. The minimum atomic E-state index is -0.868. The van der Waals surface area contributed by atoms with E-state index in [2.05, 4.69) is 35.4 Å². The number of aliphatic carboxylic acids is 1. The first-order chi connectivity index (χ1) is 11.8. The maximum atomic E-state index is 12.1. The first-order valence-electron chi connectivity index (χ1n) is 8.05. The summed E-state index contributed by atoms with van der Waals surface area (Å²) in [5, 5.41) is 12.2. The maximum Gasteiger partial charge on any atom is 0.307 e. The van der Waals surface area contributed by atoms with Crippen molar-refractivity contribution < 1.29 is 14.7 Å². The number of carbonyl (C=O) groups is 2. The van der Waals surface area contributed by atoms with Gasteiger partial charge in [0.1, 0.15) is 0 Å². The van der Waals surface area contributed by atoms with Crippen LogP contribution in [0.2, 0.25) is 0 Å². The fraction of sp³-hybridized carbons (Fsp3) is 0.389. The zero-order valence-corrected chi connectivity index (χ0v) is 15.5. The monoisotopic (exact) mass is 361 g/mol. The van der Waals surface area contributed by atoms with Crippen molar-refractivity contribution in [3.63, 3.8) is 0 Å². The van der Waals surface area contributed by atoms with Crippen LogP contribution in [0.5, 0.6) is 0 Å². The molecule has 0 aliphatic rings. The quantitative estimate of drug-likeness (QED) is 0.755. The molecule has 1 amide bonds. The van der Waals surface area contributed by atoms with Crippen molar-refractivity contribution in [2.75, 3.05) is 25.5 Å². The Bertz CT molecular complexity index is 745. The number of aryl methyl sites for hydroxylation is 1. The summed E-state index contributed by atoms with van der Waals surface area (Å²) in [5.41, 5.74) is 2.43. The number of carboxylic acid groups (broad SMARTS) is 1. The first kappa shape index (κ1) is 19.1. The summed E-state index contributed by atoms with van der Waals surface area (Å²) in [4.78, 5) is 29.9. The first-order valence-corrected chi connectivity index (χ1v) is 8.86. The van der Waals surface area contributed by atoms with E-state index in [9.17, 15) is 9.59 Å². The van der Waals surface area contributed by atoms with Crippen LogP contribution in [0.3, 0.4) is 0 Å². The van der Waals surface area contributed by atoms with Gasteiger partial charge in [-0.15, -0.1) is 11.3 Å². The molecule has 2 rings (SSSR count). The molecule has 1 aromatic heterocycles. The van der Waals surface area contributed by atoms with Gasteiger partial charge in [0.15, 0.2) is 5.13 Å².